The molecule has 0 saturated heterocycles. The van der Waals surface area contributed by atoms with Gasteiger partial charge in [-0.15, -0.1) is 0 Å². The van der Waals surface area contributed by atoms with Gasteiger partial charge in [-0.2, -0.15) is 0 Å². The number of aromatic nitrogens is 2. The molecule has 0 aliphatic rings. The van der Waals surface area contributed by atoms with E-state index in [0.29, 0.717) is 18.9 Å². The van der Waals surface area contributed by atoms with E-state index in [1.807, 2.05) is 6.07 Å². The number of aromatic amines is 1. The summed E-state index contributed by atoms with van der Waals surface area (Å²) in [6.07, 6.45) is 4.06. The number of H-pyrrole nitrogens is 1. The number of anilines is 1. The van der Waals surface area contributed by atoms with Crippen LogP contribution in [0, 0.1) is 5.82 Å². The molecule has 0 aliphatic carbocycles. The highest BCUT2D eigenvalue weighted by molar-refractivity contribution is 5.24. The Morgan fingerprint density at radius 2 is 2.20 bits per heavy atom. The van der Waals surface area contributed by atoms with Gasteiger partial charge in [0.15, 0.2) is 5.95 Å². The van der Waals surface area contributed by atoms with Crippen LogP contribution < -0.4 is 5.32 Å². The fourth-order valence-corrected chi connectivity index (χ4v) is 1.38. The molecule has 0 aliphatic heterocycles. The van der Waals surface area contributed by atoms with Gasteiger partial charge in [-0.05, 0) is 18.1 Å². The highest BCUT2D eigenvalue weighted by Crippen LogP contribution is 2.07. The zero-order valence-corrected chi connectivity index (χ0v) is 8.20. The highest BCUT2D eigenvalue weighted by atomic mass is 19.1. The standard InChI is InChI=1S/C11H12FN3/c12-10-4-2-1-3-9(10)5-6-13-11-14-7-8-15-11/h1-4,7-8H,5-6H2,(H2,13,14,15). The number of imidazole rings is 1. The second-order valence-corrected chi connectivity index (χ2v) is 3.21. The average Bonchev–Trinajstić information content (AvgIpc) is 2.74. The lowest BCUT2D eigenvalue weighted by molar-refractivity contribution is 0.610. The molecule has 0 spiro atoms. The second-order valence-electron chi connectivity index (χ2n) is 3.21. The zero-order chi connectivity index (χ0) is 10.5. The summed E-state index contributed by atoms with van der Waals surface area (Å²) in [7, 11) is 0. The summed E-state index contributed by atoms with van der Waals surface area (Å²) in [5.41, 5.74) is 0.719. The fraction of sp³-hybridized carbons (Fsp3) is 0.182. The first-order chi connectivity index (χ1) is 7.36. The monoisotopic (exact) mass is 205 g/mol. The van der Waals surface area contributed by atoms with Crippen molar-refractivity contribution in [1.82, 2.24) is 9.97 Å². The Labute approximate surface area is 87.4 Å². The van der Waals surface area contributed by atoms with Crippen LogP contribution in [0.5, 0.6) is 0 Å². The van der Waals surface area contributed by atoms with Crippen LogP contribution in [0.2, 0.25) is 0 Å². The number of nitrogens with zero attached hydrogens (tertiary/aromatic N) is 1. The van der Waals surface area contributed by atoms with Crippen LogP contribution in [0.15, 0.2) is 36.7 Å². The van der Waals surface area contributed by atoms with E-state index in [1.165, 1.54) is 6.07 Å². The van der Waals surface area contributed by atoms with Gasteiger partial charge in [0.25, 0.3) is 0 Å². The first-order valence-electron chi connectivity index (χ1n) is 4.83. The van der Waals surface area contributed by atoms with Crippen molar-refractivity contribution in [2.75, 3.05) is 11.9 Å². The van der Waals surface area contributed by atoms with E-state index in [4.69, 9.17) is 0 Å². The topological polar surface area (TPSA) is 40.7 Å². The van der Waals surface area contributed by atoms with E-state index in [0.717, 1.165) is 5.56 Å². The molecule has 0 saturated carbocycles. The molecule has 1 aromatic carbocycles. The Hall–Kier alpha value is -1.84. The molecule has 0 unspecified atom stereocenters. The van der Waals surface area contributed by atoms with Crippen LogP contribution in [0.4, 0.5) is 10.3 Å². The van der Waals surface area contributed by atoms with Gasteiger partial charge in [-0.3, -0.25) is 0 Å². The largest absolute Gasteiger partial charge is 0.355 e. The molecule has 0 radical (unpaired) electrons. The minimum Gasteiger partial charge on any atom is -0.355 e. The van der Waals surface area contributed by atoms with Gasteiger partial charge in [0.1, 0.15) is 5.82 Å². The van der Waals surface area contributed by atoms with Crippen molar-refractivity contribution in [1.29, 1.82) is 0 Å². The summed E-state index contributed by atoms with van der Waals surface area (Å²) >= 11 is 0. The Morgan fingerprint density at radius 3 is 2.93 bits per heavy atom. The molecular weight excluding hydrogens is 193 g/mol. The van der Waals surface area contributed by atoms with E-state index in [9.17, 15) is 4.39 Å². The van der Waals surface area contributed by atoms with Crippen molar-refractivity contribution in [3.8, 4) is 0 Å². The van der Waals surface area contributed by atoms with Gasteiger partial charge >= 0.3 is 0 Å². The number of rotatable bonds is 4. The Balaban J connectivity index is 1.86. The normalized spacial score (nSPS) is 10.2. The maximum absolute atomic E-state index is 13.2. The van der Waals surface area contributed by atoms with Crippen molar-refractivity contribution in [2.24, 2.45) is 0 Å². The van der Waals surface area contributed by atoms with E-state index in [1.54, 1.807) is 24.5 Å². The molecule has 0 bridgehead atoms. The highest BCUT2D eigenvalue weighted by Gasteiger charge is 2.00. The molecule has 78 valence electrons. The summed E-state index contributed by atoms with van der Waals surface area (Å²) in [6.45, 7) is 0.661. The van der Waals surface area contributed by atoms with Crippen molar-refractivity contribution < 1.29 is 4.39 Å². The van der Waals surface area contributed by atoms with Crippen molar-refractivity contribution >= 4 is 5.95 Å². The summed E-state index contributed by atoms with van der Waals surface area (Å²) in [6, 6.07) is 6.80. The molecule has 15 heavy (non-hydrogen) atoms. The quantitative estimate of drug-likeness (QED) is 0.803. The van der Waals surface area contributed by atoms with Crippen molar-refractivity contribution in [3.63, 3.8) is 0 Å². The Bertz CT molecular complexity index is 412. The summed E-state index contributed by atoms with van der Waals surface area (Å²) in [5.74, 6) is 0.560. The first-order valence-corrected chi connectivity index (χ1v) is 4.83. The number of halogens is 1. The summed E-state index contributed by atoms with van der Waals surface area (Å²) < 4.78 is 13.2. The van der Waals surface area contributed by atoms with Crippen LogP contribution >= 0.6 is 0 Å². The predicted octanol–water partition coefficient (Wildman–Crippen LogP) is 2.20. The van der Waals surface area contributed by atoms with Crippen LogP contribution in [0.25, 0.3) is 0 Å². The zero-order valence-electron chi connectivity index (χ0n) is 8.20. The third kappa shape index (κ3) is 2.56. The molecule has 1 heterocycles. The van der Waals surface area contributed by atoms with E-state index in [2.05, 4.69) is 15.3 Å². The van der Waals surface area contributed by atoms with Crippen molar-refractivity contribution in [3.05, 3.63) is 48.0 Å². The lowest BCUT2D eigenvalue weighted by Crippen LogP contribution is -2.07. The van der Waals surface area contributed by atoms with E-state index < -0.39 is 0 Å². The maximum atomic E-state index is 13.2. The summed E-state index contributed by atoms with van der Waals surface area (Å²) in [5, 5.41) is 3.07. The second kappa shape index (κ2) is 4.59. The number of hydrogen-bond acceptors (Lipinski definition) is 2. The van der Waals surface area contributed by atoms with E-state index >= 15 is 0 Å². The van der Waals surface area contributed by atoms with Gasteiger partial charge in [-0.25, -0.2) is 9.37 Å². The molecule has 3 nitrogen and oxygen atoms in total. The molecule has 2 aromatic rings. The molecule has 2 rings (SSSR count). The predicted molar refractivity (Wildman–Crippen MR) is 57.2 cm³/mol. The third-order valence-electron chi connectivity index (χ3n) is 2.14. The van der Waals surface area contributed by atoms with Gasteiger partial charge in [0, 0.05) is 18.9 Å². The SMILES string of the molecule is Fc1ccccc1CCNc1ncc[nH]1. The van der Waals surface area contributed by atoms with Crippen LogP contribution in [0.1, 0.15) is 5.56 Å². The maximum Gasteiger partial charge on any atom is 0.200 e. The third-order valence-corrected chi connectivity index (χ3v) is 2.14. The van der Waals surface area contributed by atoms with Gasteiger partial charge < -0.3 is 10.3 Å². The number of hydrogen-bond donors (Lipinski definition) is 2. The van der Waals surface area contributed by atoms with Gasteiger partial charge in [0.2, 0.25) is 0 Å². The minimum absolute atomic E-state index is 0.154. The minimum atomic E-state index is -0.154. The van der Waals surface area contributed by atoms with E-state index in [-0.39, 0.29) is 5.82 Å². The number of benzene rings is 1. The van der Waals surface area contributed by atoms with Gasteiger partial charge in [-0.1, -0.05) is 18.2 Å². The fourth-order valence-electron chi connectivity index (χ4n) is 1.38. The first kappa shape index (κ1) is 9.71. The van der Waals surface area contributed by atoms with Crippen molar-refractivity contribution in [2.45, 2.75) is 6.42 Å². The molecular formula is C11H12FN3. The Morgan fingerprint density at radius 1 is 1.33 bits per heavy atom. The van der Waals surface area contributed by atoms with Crippen LogP contribution in [0.3, 0.4) is 0 Å². The van der Waals surface area contributed by atoms with Crippen LogP contribution in [-0.2, 0) is 6.42 Å². The molecule has 0 fully saturated rings. The molecule has 0 atom stereocenters. The van der Waals surface area contributed by atoms with Crippen LogP contribution in [-0.4, -0.2) is 16.5 Å². The summed E-state index contributed by atoms with van der Waals surface area (Å²) in [4.78, 5) is 6.93. The number of nitrogens with one attached hydrogen (secondary N) is 2. The average molecular weight is 205 g/mol. The smallest absolute Gasteiger partial charge is 0.200 e. The lowest BCUT2D eigenvalue weighted by atomic mass is 10.1. The Kier molecular flexibility index (Phi) is 2.97. The molecule has 0 amide bonds. The molecule has 2 N–H and O–H groups in total. The molecule has 4 heteroatoms. The van der Waals surface area contributed by atoms with Gasteiger partial charge in [0.05, 0.1) is 0 Å². The molecule has 1 aromatic heterocycles. The lowest BCUT2D eigenvalue weighted by Gasteiger charge is -2.03.